The molecule has 7 heteroatoms. The number of ether oxygens (including phenoxy) is 1. The van der Waals surface area contributed by atoms with Gasteiger partial charge < -0.3 is 10.1 Å². The van der Waals surface area contributed by atoms with Crippen molar-refractivity contribution >= 4 is 21.6 Å². The zero-order valence-electron chi connectivity index (χ0n) is 16.1. The summed E-state index contributed by atoms with van der Waals surface area (Å²) >= 11 is 0. The van der Waals surface area contributed by atoms with E-state index in [4.69, 9.17) is 4.74 Å². The van der Waals surface area contributed by atoms with Crippen LogP contribution in [0.5, 0.6) is 5.75 Å². The zero-order valence-corrected chi connectivity index (χ0v) is 16.9. The van der Waals surface area contributed by atoms with Crippen molar-refractivity contribution in [3.8, 4) is 5.75 Å². The SMILES string of the molecule is Cc1cccc(N(CC(=O)NCc2ccc(OC(C)C)cc2)S(C)(=O)=O)c1. The van der Waals surface area contributed by atoms with Crippen molar-refractivity contribution in [3.63, 3.8) is 0 Å². The van der Waals surface area contributed by atoms with E-state index in [9.17, 15) is 13.2 Å². The molecule has 27 heavy (non-hydrogen) atoms. The highest BCUT2D eigenvalue weighted by atomic mass is 32.2. The first-order valence-corrected chi connectivity index (χ1v) is 10.6. The van der Waals surface area contributed by atoms with E-state index < -0.39 is 10.0 Å². The number of amides is 1. The van der Waals surface area contributed by atoms with E-state index in [1.54, 1.807) is 18.2 Å². The van der Waals surface area contributed by atoms with Gasteiger partial charge in [0, 0.05) is 6.54 Å². The first-order valence-electron chi connectivity index (χ1n) is 8.72. The maximum atomic E-state index is 12.3. The number of benzene rings is 2. The summed E-state index contributed by atoms with van der Waals surface area (Å²) in [7, 11) is -3.57. The molecule has 0 saturated carbocycles. The molecular weight excluding hydrogens is 364 g/mol. The predicted octanol–water partition coefficient (Wildman–Crippen LogP) is 2.86. The van der Waals surface area contributed by atoms with Gasteiger partial charge in [-0.25, -0.2) is 8.42 Å². The van der Waals surface area contributed by atoms with Gasteiger partial charge in [-0.1, -0.05) is 24.3 Å². The predicted molar refractivity (Wildman–Crippen MR) is 107 cm³/mol. The van der Waals surface area contributed by atoms with Crippen molar-refractivity contribution in [3.05, 3.63) is 59.7 Å². The molecule has 0 spiro atoms. The van der Waals surface area contributed by atoms with Crippen LogP contribution in [-0.4, -0.2) is 33.2 Å². The maximum Gasteiger partial charge on any atom is 0.241 e. The molecule has 6 nitrogen and oxygen atoms in total. The number of hydrogen-bond acceptors (Lipinski definition) is 4. The Kier molecular flexibility index (Phi) is 6.85. The van der Waals surface area contributed by atoms with Gasteiger partial charge in [0.25, 0.3) is 0 Å². The van der Waals surface area contributed by atoms with Crippen LogP contribution in [-0.2, 0) is 21.4 Å². The molecular formula is C20H26N2O4S. The minimum absolute atomic E-state index is 0.0964. The van der Waals surface area contributed by atoms with Crippen molar-refractivity contribution in [1.82, 2.24) is 5.32 Å². The number of aryl methyl sites for hydroxylation is 1. The van der Waals surface area contributed by atoms with Gasteiger partial charge in [-0.3, -0.25) is 9.10 Å². The molecule has 0 bridgehead atoms. The van der Waals surface area contributed by atoms with E-state index in [1.807, 2.05) is 51.1 Å². The lowest BCUT2D eigenvalue weighted by atomic mass is 10.2. The lowest BCUT2D eigenvalue weighted by Crippen LogP contribution is -2.40. The van der Waals surface area contributed by atoms with E-state index >= 15 is 0 Å². The Bertz CT molecular complexity index is 877. The molecule has 2 rings (SSSR count). The van der Waals surface area contributed by atoms with Gasteiger partial charge in [0.1, 0.15) is 12.3 Å². The van der Waals surface area contributed by atoms with Crippen LogP contribution in [0.3, 0.4) is 0 Å². The van der Waals surface area contributed by atoms with Crippen LogP contribution in [0.25, 0.3) is 0 Å². The van der Waals surface area contributed by atoms with E-state index in [1.165, 1.54) is 0 Å². The standard InChI is InChI=1S/C20H26N2O4S/c1-15(2)26-19-10-8-17(9-11-19)13-21-20(23)14-22(27(4,24)25)18-7-5-6-16(3)12-18/h5-12,15H,13-14H2,1-4H3,(H,21,23). The fourth-order valence-corrected chi connectivity index (χ4v) is 3.38. The van der Waals surface area contributed by atoms with Crippen molar-refractivity contribution in [2.45, 2.75) is 33.4 Å². The monoisotopic (exact) mass is 390 g/mol. The van der Waals surface area contributed by atoms with Crippen LogP contribution in [0.1, 0.15) is 25.0 Å². The van der Waals surface area contributed by atoms with Gasteiger partial charge in [-0.15, -0.1) is 0 Å². The number of nitrogens with zero attached hydrogens (tertiary/aromatic N) is 1. The molecule has 0 saturated heterocycles. The molecule has 0 aliphatic carbocycles. The second kappa shape index (κ2) is 8.90. The third kappa shape index (κ3) is 6.60. The van der Waals surface area contributed by atoms with E-state index in [0.29, 0.717) is 12.2 Å². The summed E-state index contributed by atoms with van der Waals surface area (Å²) in [5.41, 5.74) is 2.30. The minimum Gasteiger partial charge on any atom is -0.491 e. The summed E-state index contributed by atoms with van der Waals surface area (Å²) in [5.74, 6) is 0.396. The molecule has 146 valence electrons. The molecule has 0 unspecified atom stereocenters. The van der Waals surface area contributed by atoms with E-state index in [2.05, 4.69) is 5.32 Å². The number of nitrogens with one attached hydrogen (secondary N) is 1. The minimum atomic E-state index is -3.57. The first-order chi connectivity index (χ1) is 12.6. The summed E-state index contributed by atoms with van der Waals surface area (Å²) in [5, 5.41) is 2.76. The Morgan fingerprint density at radius 3 is 2.37 bits per heavy atom. The summed E-state index contributed by atoms with van der Waals surface area (Å²) in [6, 6.07) is 14.5. The van der Waals surface area contributed by atoms with Gasteiger partial charge in [0.2, 0.25) is 15.9 Å². The molecule has 1 N–H and O–H groups in total. The molecule has 2 aromatic carbocycles. The largest absolute Gasteiger partial charge is 0.491 e. The van der Waals surface area contributed by atoms with Crippen molar-refractivity contribution < 1.29 is 17.9 Å². The number of rotatable bonds is 8. The van der Waals surface area contributed by atoms with Crippen LogP contribution >= 0.6 is 0 Å². The molecule has 0 aliphatic heterocycles. The Labute approximate surface area is 161 Å². The molecule has 0 aliphatic rings. The number of carbonyl (C=O) groups is 1. The van der Waals surface area contributed by atoms with Crippen LogP contribution < -0.4 is 14.4 Å². The molecule has 0 heterocycles. The Morgan fingerprint density at radius 1 is 1.15 bits per heavy atom. The number of anilines is 1. The fourth-order valence-electron chi connectivity index (χ4n) is 2.53. The number of hydrogen-bond donors (Lipinski definition) is 1. The third-order valence-electron chi connectivity index (χ3n) is 3.76. The normalized spacial score (nSPS) is 11.3. The summed E-state index contributed by atoms with van der Waals surface area (Å²) in [6.07, 6.45) is 1.19. The molecule has 1 amide bonds. The number of sulfonamides is 1. The molecule has 0 atom stereocenters. The zero-order chi connectivity index (χ0) is 20.0. The Morgan fingerprint density at radius 2 is 1.81 bits per heavy atom. The lowest BCUT2D eigenvalue weighted by molar-refractivity contribution is -0.119. The average Bonchev–Trinajstić information content (AvgIpc) is 2.57. The van der Waals surface area contributed by atoms with Gasteiger partial charge in [0.05, 0.1) is 18.0 Å². The van der Waals surface area contributed by atoms with E-state index in [0.717, 1.165) is 27.4 Å². The molecule has 0 aromatic heterocycles. The van der Waals surface area contributed by atoms with Crippen LogP contribution in [0.15, 0.2) is 48.5 Å². The van der Waals surface area contributed by atoms with Gasteiger partial charge >= 0.3 is 0 Å². The first kappa shape index (κ1) is 20.8. The van der Waals surface area contributed by atoms with Gasteiger partial charge in [-0.05, 0) is 56.2 Å². The van der Waals surface area contributed by atoms with Crippen molar-refractivity contribution in [2.24, 2.45) is 0 Å². The Balaban J connectivity index is 2.00. The Hall–Kier alpha value is -2.54. The van der Waals surface area contributed by atoms with Crippen LogP contribution in [0, 0.1) is 6.92 Å². The summed E-state index contributed by atoms with van der Waals surface area (Å²) in [6.45, 7) is 5.82. The number of carbonyl (C=O) groups excluding carboxylic acids is 1. The topological polar surface area (TPSA) is 75.7 Å². The highest BCUT2D eigenvalue weighted by Gasteiger charge is 2.20. The van der Waals surface area contributed by atoms with Gasteiger partial charge in [0.15, 0.2) is 0 Å². The second-order valence-electron chi connectivity index (χ2n) is 6.70. The highest BCUT2D eigenvalue weighted by Crippen LogP contribution is 2.18. The third-order valence-corrected chi connectivity index (χ3v) is 4.90. The van der Waals surface area contributed by atoms with Gasteiger partial charge in [-0.2, -0.15) is 0 Å². The highest BCUT2D eigenvalue weighted by molar-refractivity contribution is 7.92. The lowest BCUT2D eigenvalue weighted by Gasteiger charge is -2.22. The molecule has 0 fully saturated rings. The molecule has 0 radical (unpaired) electrons. The molecule has 2 aromatic rings. The summed E-state index contributed by atoms with van der Waals surface area (Å²) < 4.78 is 30.9. The smallest absolute Gasteiger partial charge is 0.241 e. The second-order valence-corrected chi connectivity index (χ2v) is 8.60. The van der Waals surface area contributed by atoms with Crippen molar-refractivity contribution in [2.75, 3.05) is 17.1 Å². The maximum absolute atomic E-state index is 12.3. The van der Waals surface area contributed by atoms with E-state index in [-0.39, 0.29) is 18.6 Å². The fraction of sp³-hybridized carbons (Fsp3) is 0.350. The average molecular weight is 391 g/mol. The summed E-state index contributed by atoms with van der Waals surface area (Å²) in [4.78, 5) is 12.3. The van der Waals surface area contributed by atoms with Crippen LogP contribution in [0.2, 0.25) is 0 Å². The van der Waals surface area contributed by atoms with Crippen LogP contribution in [0.4, 0.5) is 5.69 Å². The van der Waals surface area contributed by atoms with Crippen molar-refractivity contribution in [1.29, 1.82) is 0 Å². The quantitative estimate of drug-likeness (QED) is 0.752.